The molecular formula is C25H26FNO3S. The number of hydrogen-bond acceptors (Lipinski definition) is 5. The van der Waals surface area contributed by atoms with Gasteiger partial charge in [0, 0.05) is 40.1 Å². The second-order valence-electron chi connectivity index (χ2n) is 8.58. The third-order valence-corrected chi connectivity index (χ3v) is 6.76. The number of carbonyl (C=O) groups is 2. The summed E-state index contributed by atoms with van der Waals surface area (Å²) in [4.78, 5) is 27.6. The molecule has 1 N–H and O–H groups in total. The summed E-state index contributed by atoms with van der Waals surface area (Å²) < 4.78 is 19.7. The number of carbonyl (C=O) groups excluding carboxylic acids is 2. The molecule has 0 radical (unpaired) electrons. The molecule has 4 nitrogen and oxygen atoms in total. The third-order valence-electron chi connectivity index (χ3n) is 5.72. The second-order valence-corrected chi connectivity index (χ2v) is 9.56. The normalized spacial score (nSPS) is 21.3. The number of thiophene rings is 1. The van der Waals surface area contributed by atoms with Crippen molar-refractivity contribution in [3.05, 3.63) is 80.6 Å². The van der Waals surface area contributed by atoms with Gasteiger partial charge < -0.3 is 10.1 Å². The number of ketones is 1. The van der Waals surface area contributed by atoms with Gasteiger partial charge in [-0.1, -0.05) is 32.0 Å². The first-order valence-electron chi connectivity index (χ1n) is 10.5. The lowest BCUT2D eigenvalue weighted by molar-refractivity contribution is -0.140. The van der Waals surface area contributed by atoms with Crippen molar-refractivity contribution in [1.82, 2.24) is 5.32 Å². The van der Waals surface area contributed by atoms with Crippen LogP contribution in [0.4, 0.5) is 4.39 Å². The predicted molar refractivity (Wildman–Crippen MR) is 119 cm³/mol. The van der Waals surface area contributed by atoms with E-state index in [0.29, 0.717) is 35.2 Å². The van der Waals surface area contributed by atoms with E-state index in [1.165, 1.54) is 17.0 Å². The minimum atomic E-state index is -0.636. The van der Waals surface area contributed by atoms with Crippen molar-refractivity contribution < 1.29 is 18.7 Å². The Bertz CT molecular complexity index is 1070. The highest BCUT2D eigenvalue weighted by molar-refractivity contribution is 7.10. The minimum absolute atomic E-state index is 0.0110. The molecule has 0 amide bonds. The largest absolute Gasteiger partial charge is 0.462 e. The van der Waals surface area contributed by atoms with Gasteiger partial charge in [0.2, 0.25) is 0 Å². The van der Waals surface area contributed by atoms with Gasteiger partial charge in [0.15, 0.2) is 5.78 Å². The molecular weight excluding hydrogens is 413 g/mol. The summed E-state index contributed by atoms with van der Waals surface area (Å²) in [5.41, 5.74) is 3.00. The molecule has 4 rings (SSSR count). The fourth-order valence-electron chi connectivity index (χ4n) is 4.37. The van der Waals surface area contributed by atoms with Gasteiger partial charge in [0.1, 0.15) is 5.82 Å². The van der Waals surface area contributed by atoms with Crippen LogP contribution in [-0.2, 0) is 14.3 Å². The van der Waals surface area contributed by atoms with Crippen molar-refractivity contribution in [1.29, 1.82) is 0 Å². The van der Waals surface area contributed by atoms with E-state index in [1.807, 2.05) is 32.2 Å². The Kier molecular flexibility index (Phi) is 6.10. The minimum Gasteiger partial charge on any atom is -0.462 e. The molecule has 162 valence electrons. The molecule has 6 heteroatoms. The molecule has 0 fully saturated rings. The van der Waals surface area contributed by atoms with Gasteiger partial charge >= 0.3 is 5.97 Å². The van der Waals surface area contributed by atoms with Crippen molar-refractivity contribution in [2.75, 3.05) is 6.61 Å². The highest BCUT2D eigenvalue weighted by Gasteiger charge is 2.41. The van der Waals surface area contributed by atoms with Gasteiger partial charge in [-0.05, 0) is 48.4 Å². The summed E-state index contributed by atoms with van der Waals surface area (Å²) >= 11 is 1.65. The summed E-state index contributed by atoms with van der Waals surface area (Å²) in [6.45, 7) is 6.04. The zero-order valence-electron chi connectivity index (χ0n) is 17.9. The van der Waals surface area contributed by atoms with E-state index < -0.39 is 17.7 Å². The first kappa shape index (κ1) is 21.5. The molecule has 1 aliphatic heterocycles. The lowest BCUT2D eigenvalue weighted by Gasteiger charge is -2.36. The average molecular weight is 440 g/mol. The van der Waals surface area contributed by atoms with Crippen LogP contribution in [0.5, 0.6) is 0 Å². The lowest BCUT2D eigenvalue weighted by Crippen LogP contribution is -2.36. The molecule has 0 bridgehead atoms. The topological polar surface area (TPSA) is 55.4 Å². The predicted octanol–water partition coefficient (Wildman–Crippen LogP) is 5.45. The van der Waals surface area contributed by atoms with E-state index in [1.54, 1.807) is 23.5 Å². The van der Waals surface area contributed by atoms with Crippen LogP contribution < -0.4 is 5.32 Å². The van der Waals surface area contributed by atoms with E-state index in [-0.39, 0.29) is 24.2 Å². The Labute approximate surface area is 185 Å². The number of hydrogen-bond donors (Lipinski definition) is 1. The average Bonchev–Trinajstić information content (AvgIpc) is 3.25. The van der Waals surface area contributed by atoms with Crippen LogP contribution in [0.3, 0.4) is 0 Å². The number of dihydropyridines is 1. The maximum absolute atomic E-state index is 14.1. The molecule has 1 aliphatic carbocycles. The summed E-state index contributed by atoms with van der Waals surface area (Å²) in [5.74, 6) is -1.22. The standard InChI is InChI=1S/C25H26FNO3S/c1-14(2)13-30-25(29)22-15(3)27-19-11-17(21-8-5-9-31-21)12-20(28)24(19)23(22)16-6-4-7-18(26)10-16/h4-10,14,17,23,27H,11-13H2,1-3H3/t17-,23-/m0/s1. The number of Topliss-reactive ketones (excluding diaryl/α,β-unsaturated/α-hetero) is 1. The molecule has 31 heavy (non-hydrogen) atoms. The Morgan fingerprint density at radius 1 is 1.26 bits per heavy atom. The molecule has 0 saturated carbocycles. The summed E-state index contributed by atoms with van der Waals surface area (Å²) in [6, 6.07) is 10.2. The van der Waals surface area contributed by atoms with E-state index >= 15 is 0 Å². The van der Waals surface area contributed by atoms with E-state index in [0.717, 1.165) is 5.70 Å². The van der Waals surface area contributed by atoms with Gasteiger partial charge in [0.05, 0.1) is 12.2 Å². The van der Waals surface area contributed by atoms with Crippen LogP contribution in [0.25, 0.3) is 0 Å². The lowest BCUT2D eigenvalue weighted by atomic mass is 9.72. The highest BCUT2D eigenvalue weighted by atomic mass is 32.1. The number of halogens is 1. The molecule has 2 aromatic rings. The number of rotatable bonds is 5. The molecule has 2 aliphatic rings. The Balaban J connectivity index is 1.77. The maximum Gasteiger partial charge on any atom is 0.336 e. The first-order chi connectivity index (χ1) is 14.8. The Hall–Kier alpha value is -2.73. The van der Waals surface area contributed by atoms with Crippen molar-refractivity contribution in [3.63, 3.8) is 0 Å². The zero-order valence-corrected chi connectivity index (χ0v) is 18.7. The van der Waals surface area contributed by atoms with Crippen LogP contribution in [0.15, 0.2) is 64.3 Å². The maximum atomic E-state index is 14.1. The number of nitrogens with one attached hydrogen (secondary N) is 1. The Morgan fingerprint density at radius 2 is 2.06 bits per heavy atom. The summed E-state index contributed by atoms with van der Waals surface area (Å²) in [6.07, 6.45) is 1.05. The zero-order chi connectivity index (χ0) is 22.1. The third kappa shape index (κ3) is 4.35. The van der Waals surface area contributed by atoms with Gasteiger partial charge in [-0.2, -0.15) is 0 Å². The van der Waals surface area contributed by atoms with Crippen molar-refractivity contribution in [2.45, 2.75) is 45.4 Å². The molecule has 0 unspecified atom stereocenters. The van der Waals surface area contributed by atoms with Gasteiger partial charge in [-0.25, -0.2) is 9.18 Å². The smallest absolute Gasteiger partial charge is 0.336 e. The van der Waals surface area contributed by atoms with Crippen molar-refractivity contribution >= 4 is 23.1 Å². The molecule has 2 heterocycles. The number of ether oxygens (including phenoxy) is 1. The molecule has 1 aromatic heterocycles. The molecule has 0 saturated heterocycles. The number of esters is 1. The number of allylic oxidation sites excluding steroid dienone is 3. The van der Waals surface area contributed by atoms with Gasteiger partial charge in [-0.15, -0.1) is 11.3 Å². The summed E-state index contributed by atoms with van der Waals surface area (Å²) in [7, 11) is 0. The van der Waals surface area contributed by atoms with E-state index in [2.05, 4.69) is 11.4 Å². The highest BCUT2D eigenvalue weighted by Crippen LogP contribution is 2.46. The molecule has 0 spiro atoms. The fourth-order valence-corrected chi connectivity index (χ4v) is 5.20. The van der Waals surface area contributed by atoms with E-state index in [4.69, 9.17) is 4.74 Å². The van der Waals surface area contributed by atoms with Crippen molar-refractivity contribution in [2.24, 2.45) is 5.92 Å². The first-order valence-corrected chi connectivity index (χ1v) is 11.4. The SMILES string of the molecule is CC1=C(C(=O)OCC(C)C)[C@H](c2cccc(F)c2)C2=C(C[C@H](c3cccs3)CC2=O)N1. The van der Waals surface area contributed by atoms with Gasteiger partial charge in [-0.3, -0.25) is 4.79 Å². The van der Waals surface area contributed by atoms with Gasteiger partial charge in [0.25, 0.3) is 0 Å². The quantitative estimate of drug-likeness (QED) is 0.630. The van der Waals surface area contributed by atoms with Crippen LogP contribution in [-0.4, -0.2) is 18.4 Å². The van der Waals surface area contributed by atoms with Crippen LogP contribution >= 0.6 is 11.3 Å². The van der Waals surface area contributed by atoms with Crippen LogP contribution in [0.2, 0.25) is 0 Å². The van der Waals surface area contributed by atoms with Crippen LogP contribution in [0.1, 0.15) is 55.9 Å². The second kappa shape index (κ2) is 8.79. The fraction of sp³-hybridized carbons (Fsp3) is 0.360. The summed E-state index contributed by atoms with van der Waals surface area (Å²) in [5, 5.41) is 5.34. The monoisotopic (exact) mass is 439 g/mol. The van der Waals surface area contributed by atoms with Crippen molar-refractivity contribution in [3.8, 4) is 0 Å². The molecule has 2 atom stereocenters. The van der Waals surface area contributed by atoms with E-state index in [9.17, 15) is 14.0 Å². The molecule has 1 aromatic carbocycles. The Morgan fingerprint density at radius 3 is 2.74 bits per heavy atom. The number of benzene rings is 1. The van der Waals surface area contributed by atoms with Crippen LogP contribution in [0, 0.1) is 11.7 Å².